The summed E-state index contributed by atoms with van der Waals surface area (Å²) in [6.45, 7) is 11.7. The lowest BCUT2D eigenvalue weighted by Crippen LogP contribution is -2.62. The van der Waals surface area contributed by atoms with Gasteiger partial charge in [0.25, 0.3) is 0 Å². The molecular weight excluding hydrogens is 372 g/mol. The first-order valence-corrected chi connectivity index (χ1v) is 10.6. The van der Waals surface area contributed by atoms with Gasteiger partial charge in [-0.15, -0.1) is 0 Å². The van der Waals surface area contributed by atoms with Crippen molar-refractivity contribution < 1.29 is 15.0 Å². The van der Waals surface area contributed by atoms with Crippen LogP contribution in [0.1, 0.15) is 60.8 Å². The molecule has 2 N–H and O–H groups in total. The van der Waals surface area contributed by atoms with Crippen molar-refractivity contribution in [2.75, 3.05) is 0 Å². The van der Waals surface area contributed by atoms with E-state index in [9.17, 15) is 15.0 Å². The van der Waals surface area contributed by atoms with E-state index in [4.69, 9.17) is 0 Å². The summed E-state index contributed by atoms with van der Waals surface area (Å²) in [4.78, 5) is 10.3. The largest absolute Gasteiger partial charge is 0.387 e. The summed E-state index contributed by atoms with van der Waals surface area (Å²) in [5.74, 6) is 0. The first-order chi connectivity index (χ1) is 13.9. The average Bonchev–Trinajstić information content (AvgIpc) is 2.66. The van der Waals surface area contributed by atoms with Gasteiger partial charge in [-0.1, -0.05) is 85.3 Å². The van der Waals surface area contributed by atoms with Gasteiger partial charge < -0.3 is 10.2 Å². The minimum atomic E-state index is -1.26. The number of hydrogen-bond donors (Lipinski definition) is 2. The molecule has 0 amide bonds. The second kappa shape index (κ2) is 11.2. The molecule has 0 spiro atoms. The molecule has 3 heteroatoms. The van der Waals surface area contributed by atoms with Gasteiger partial charge in [-0.25, -0.2) is 0 Å². The Kier molecular flexibility index (Phi) is 9.67. The van der Waals surface area contributed by atoms with Crippen molar-refractivity contribution in [2.45, 2.75) is 72.0 Å². The van der Waals surface area contributed by atoms with Gasteiger partial charge in [0.15, 0.2) is 0 Å². The van der Waals surface area contributed by atoms with E-state index in [2.05, 4.69) is 0 Å². The van der Waals surface area contributed by atoms with Crippen LogP contribution in [0.15, 0.2) is 83.6 Å². The van der Waals surface area contributed by atoms with Crippen LogP contribution >= 0.6 is 0 Å². The van der Waals surface area contributed by atoms with E-state index in [0.717, 1.165) is 35.8 Å². The van der Waals surface area contributed by atoms with Crippen LogP contribution in [0.2, 0.25) is 0 Å². The quantitative estimate of drug-likeness (QED) is 0.296. The van der Waals surface area contributed by atoms with Crippen molar-refractivity contribution in [1.82, 2.24) is 0 Å². The maximum absolute atomic E-state index is 11.3. The molecule has 1 rings (SSSR count). The fourth-order valence-electron chi connectivity index (χ4n) is 3.77. The van der Waals surface area contributed by atoms with E-state index in [-0.39, 0.29) is 5.41 Å². The van der Waals surface area contributed by atoms with Gasteiger partial charge in [-0.3, -0.25) is 4.79 Å². The van der Waals surface area contributed by atoms with Crippen molar-refractivity contribution in [3.8, 4) is 0 Å². The van der Waals surface area contributed by atoms with Crippen LogP contribution < -0.4 is 0 Å². The molecule has 0 saturated heterocycles. The summed E-state index contributed by atoms with van der Waals surface area (Å²) in [5, 5.41) is 22.1. The van der Waals surface area contributed by atoms with E-state index in [1.54, 1.807) is 19.1 Å². The van der Waals surface area contributed by atoms with Crippen molar-refractivity contribution in [2.24, 2.45) is 5.41 Å². The first kappa shape index (κ1) is 25.8. The van der Waals surface area contributed by atoms with Gasteiger partial charge in [0.2, 0.25) is 0 Å². The number of aldehydes is 1. The van der Waals surface area contributed by atoms with Crippen LogP contribution in [0, 0.1) is 5.41 Å². The molecule has 2 unspecified atom stereocenters. The van der Waals surface area contributed by atoms with E-state index in [1.807, 2.05) is 83.2 Å². The van der Waals surface area contributed by atoms with E-state index in [1.165, 1.54) is 6.08 Å². The molecule has 1 aliphatic carbocycles. The Morgan fingerprint density at radius 3 is 1.77 bits per heavy atom. The normalized spacial score (nSPS) is 29.0. The summed E-state index contributed by atoms with van der Waals surface area (Å²) in [6.07, 6.45) is 23.9. The van der Waals surface area contributed by atoms with E-state index in [0.29, 0.717) is 6.42 Å². The summed E-state index contributed by atoms with van der Waals surface area (Å²) in [7, 11) is 0. The highest BCUT2D eigenvalue weighted by molar-refractivity contribution is 5.65. The number of rotatable bonds is 8. The standard InChI is InChI=1S/C27H38O3/c1-22(12-7-8-13-23(2)16-10-21-28)14-9-15-24(3)17-20-27(30)25(4,5)18-11-19-26(27,6)29/h7-10,12-17,20-21,29-30H,11,18-19H2,1-6H3. The highest BCUT2D eigenvalue weighted by Crippen LogP contribution is 2.50. The zero-order valence-corrected chi connectivity index (χ0v) is 19.4. The minimum Gasteiger partial charge on any atom is -0.387 e. The summed E-state index contributed by atoms with van der Waals surface area (Å²) in [6, 6.07) is 0. The molecular formula is C27H38O3. The van der Waals surface area contributed by atoms with Gasteiger partial charge in [0.05, 0.1) is 5.60 Å². The number of carbonyl (C=O) groups is 1. The molecule has 0 radical (unpaired) electrons. The molecule has 0 heterocycles. The van der Waals surface area contributed by atoms with Crippen LogP contribution in [-0.4, -0.2) is 27.7 Å². The number of carbonyl (C=O) groups excluding carboxylic acids is 1. The summed E-state index contributed by atoms with van der Waals surface area (Å²) in [5.41, 5.74) is 0.326. The molecule has 0 bridgehead atoms. The van der Waals surface area contributed by atoms with Gasteiger partial charge in [0.1, 0.15) is 11.9 Å². The Labute approximate surface area is 182 Å². The minimum absolute atomic E-state index is 0.386. The third-order valence-corrected chi connectivity index (χ3v) is 5.89. The predicted octanol–water partition coefficient (Wildman–Crippen LogP) is 5.94. The third kappa shape index (κ3) is 7.23. The Bertz CT molecular complexity index is 780. The maximum Gasteiger partial charge on any atom is 0.142 e. The molecule has 0 aromatic carbocycles. The fourth-order valence-corrected chi connectivity index (χ4v) is 3.77. The van der Waals surface area contributed by atoms with Gasteiger partial charge in [-0.05, 0) is 64.5 Å². The molecule has 164 valence electrons. The highest BCUT2D eigenvalue weighted by atomic mass is 16.4. The smallest absolute Gasteiger partial charge is 0.142 e. The third-order valence-electron chi connectivity index (χ3n) is 5.89. The SMILES string of the molecule is CC(C=CC=O)=CC=CC=C(C)C=CC=C(C)C=CC1(O)C(C)(C)CCCC1(C)O. The Morgan fingerprint density at radius 2 is 1.23 bits per heavy atom. The molecule has 1 saturated carbocycles. The second-order valence-electron chi connectivity index (χ2n) is 9.08. The second-order valence-corrected chi connectivity index (χ2v) is 9.08. The lowest BCUT2D eigenvalue weighted by Gasteiger charge is -2.53. The van der Waals surface area contributed by atoms with Crippen LogP contribution in [0.3, 0.4) is 0 Å². The van der Waals surface area contributed by atoms with Gasteiger partial charge in [-0.2, -0.15) is 0 Å². The molecule has 3 nitrogen and oxygen atoms in total. The van der Waals surface area contributed by atoms with Crippen molar-refractivity contribution in [3.63, 3.8) is 0 Å². The maximum atomic E-state index is 11.3. The molecule has 30 heavy (non-hydrogen) atoms. The summed E-state index contributed by atoms with van der Waals surface area (Å²) < 4.78 is 0. The first-order valence-electron chi connectivity index (χ1n) is 10.6. The van der Waals surface area contributed by atoms with Gasteiger partial charge in [0, 0.05) is 0 Å². The topological polar surface area (TPSA) is 57.5 Å². The Balaban J connectivity index is 2.79. The van der Waals surface area contributed by atoms with Crippen molar-refractivity contribution >= 4 is 6.29 Å². The zero-order chi connectivity index (χ0) is 22.8. The lowest BCUT2D eigenvalue weighted by atomic mass is 9.58. The lowest BCUT2D eigenvalue weighted by molar-refractivity contribution is -0.194. The number of allylic oxidation sites excluding steroid dienone is 13. The fraction of sp³-hybridized carbons (Fsp3) is 0.444. The average molecular weight is 411 g/mol. The Hall–Kier alpha value is -2.23. The van der Waals surface area contributed by atoms with Gasteiger partial charge >= 0.3 is 0 Å². The molecule has 2 atom stereocenters. The zero-order valence-electron chi connectivity index (χ0n) is 19.4. The van der Waals surface area contributed by atoms with E-state index < -0.39 is 11.2 Å². The molecule has 0 aliphatic heterocycles. The summed E-state index contributed by atoms with van der Waals surface area (Å²) >= 11 is 0. The molecule has 1 fully saturated rings. The van der Waals surface area contributed by atoms with Crippen molar-refractivity contribution in [3.05, 3.63) is 83.6 Å². The van der Waals surface area contributed by atoms with Crippen LogP contribution in [0.4, 0.5) is 0 Å². The molecule has 0 aromatic rings. The molecule has 0 aromatic heterocycles. The highest BCUT2D eigenvalue weighted by Gasteiger charge is 2.56. The monoisotopic (exact) mass is 410 g/mol. The Morgan fingerprint density at radius 1 is 0.733 bits per heavy atom. The van der Waals surface area contributed by atoms with Crippen LogP contribution in [0.25, 0.3) is 0 Å². The number of hydrogen-bond acceptors (Lipinski definition) is 3. The number of aliphatic hydroxyl groups is 2. The van der Waals surface area contributed by atoms with Crippen molar-refractivity contribution in [1.29, 1.82) is 0 Å². The predicted molar refractivity (Wildman–Crippen MR) is 127 cm³/mol. The van der Waals surface area contributed by atoms with Crippen LogP contribution in [-0.2, 0) is 4.79 Å². The van der Waals surface area contributed by atoms with E-state index >= 15 is 0 Å². The van der Waals surface area contributed by atoms with Crippen LogP contribution in [0.5, 0.6) is 0 Å². The molecule has 1 aliphatic rings.